The number of hydrogen-bond donors (Lipinski definition) is 1. The number of aliphatic hydroxyl groups is 1. The first-order valence-corrected chi connectivity index (χ1v) is 6.91. The molecule has 1 aliphatic rings. The van der Waals surface area contributed by atoms with E-state index in [1.54, 1.807) is 0 Å². The van der Waals surface area contributed by atoms with E-state index in [4.69, 9.17) is 0 Å². The Morgan fingerprint density at radius 2 is 1.72 bits per heavy atom. The average Bonchev–Trinajstić information content (AvgIpc) is 2.47. The first kappa shape index (κ1) is 13.5. The topological polar surface area (TPSA) is 26.7 Å². The van der Waals surface area contributed by atoms with Gasteiger partial charge in [0.05, 0.1) is 6.10 Å². The van der Waals surface area contributed by atoms with Gasteiger partial charge in [0.1, 0.15) is 0 Å². The number of likely N-dealkylation sites (N-methyl/N-ethyl adjacent to an activating group) is 1. The van der Waals surface area contributed by atoms with E-state index in [-0.39, 0.29) is 12.1 Å². The third-order valence-electron chi connectivity index (χ3n) is 4.03. The maximum Gasteiger partial charge on any atom is 0.0942 e. The summed E-state index contributed by atoms with van der Waals surface area (Å²) in [5.74, 6) is 0. The van der Waals surface area contributed by atoms with Gasteiger partial charge in [0.2, 0.25) is 0 Å². The fraction of sp³-hybridized carbons (Fsp3) is 0.600. The first-order chi connectivity index (χ1) is 8.72. The lowest BCUT2D eigenvalue weighted by molar-refractivity contribution is 0.0274. The summed E-state index contributed by atoms with van der Waals surface area (Å²) in [5.41, 5.74) is 1.02. The van der Waals surface area contributed by atoms with E-state index in [0.717, 1.165) is 38.3 Å². The Balaban J connectivity index is 1.93. The summed E-state index contributed by atoms with van der Waals surface area (Å²) in [7, 11) is 0. The molecular formula is C15H24N2O. The molecule has 0 bridgehead atoms. The summed E-state index contributed by atoms with van der Waals surface area (Å²) >= 11 is 0. The van der Waals surface area contributed by atoms with Gasteiger partial charge in [-0.15, -0.1) is 0 Å². The molecule has 1 fully saturated rings. The molecule has 1 heterocycles. The van der Waals surface area contributed by atoms with Gasteiger partial charge in [-0.3, -0.25) is 4.90 Å². The van der Waals surface area contributed by atoms with Gasteiger partial charge in [0.15, 0.2) is 0 Å². The fourth-order valence-corrected chi connectivity index (χ4v) is 2.62. The van der Waals surface area contributed by atoms with Crippen molar-refractivity contribution in [3.8, 4) is 0 Å². The maximum atomic E-state index is 10.4. The normalized spacial score (nSPS) is 21.7. The Bertz CT molecular complexity index is 347. The molecule has 0 aromatic heterocycles. The van der Waals surface area contributed by atoms with Gasteiger partial charge in [0, 0.05) is 32.2 Å². The van der Waals surface area contributed by atoms with Crippen LogP contribution in [0.3, 0.4) is 0 Å². The zero-order valence-corrected chi connectivity index (χ0v) is 11.4. The third kappa shape index (κ3) is 3.10. The van der Waals surface area contributed by atoms with Crippen molar-refractivity contribution in [2.45, 2.75) is 26.0 Å². The van der Waals surface area contributed by atoms with Crippen LogP contribution in [0.2, 0.25) is 0 Å². The summed E-state index contributed by atoms with van der Waals surface area (Å²) < 4.78 is 0. The summed E-state index contributed by atoms with van der Waals surface area (Å²) in [5, 5.41) is 10.4. The molecule has 1 aromatic carbocycles. The molecule has 2 unspecified atom stereocenters. The van der Waals surface area contributed by atoms with Crippen molar-refractivity contribution in [3.63, 3.8) is 0 Å². The molecule has 1 N–H and O–H groups in total. The molecule has 0 amide bonds. The minimum Gasteiger partial charge on any atom is -0.387 e. The molecular weight excluding hydrogens is 224 g/mol. The highest BCUT2D eigenvalue weighted by molar-refractivity contribution is 5.18. The smallest absolute Gasteiger partial charge is 0.0942 e. The summed E-state index contributed by atoms with van der Waals surface area (Å²) in [6, 6.07) is 10.2. The van der Waals surface area contributed by atoms with Crippen molar-refractivity contribution in [2.24, 2.45) is 0 Å². The van der Waals surface area contributed by atoms with Gasteiger partial charge < -0.3 is 10.0 Å². The second-order valence-electron chi connectivity index (χ2n) is 5.07. The van der Waals surface area contributed by atoms with Gasteiger partial charge in [-0.05, 0) is 19.0 Å². The quantitative estimate of drug-likeness (QED) is 0.879. The molecule has 18 heavy (non-hydrogen) atoms. The zero-order chi connectivity index (χ0) is 13.0. The van der Waals surface area contributed by atoms with Crippen molar-refractivity contribution < 1.29 is 5.11 Å². The predicted molar refractivity (Wildman–Crippen MR) is 74.6 cm³/mol. The van der Waals surface area contributed by atoms with Gasteiger partial charge in [0.25, 0.3) is 0 Å². The second kappa shape index (κ2) is 6.32. The minimum atomic E-state index is -0.389. The van der Waals surface area contributed by atoms with Crippen molar-refractivity contribution in [3.05, 3.63) is 35.9 Å². The van der Waals surface area contributed by atoms with Crippen molar-refractivity contribution >= 4 is 0 Å². The molecule has 0 saturated carbocycles. The van der Waals surface area contributed by atoms with E-state index in [9.17, 15) is 5.11 Å². The molecule has 1 saturated heterocycles. The summed E-state index contributed by atoms with van der Waals surface area (Å²) in [6.45, 7) is 9.79. The van der Waals surface area contributed by atoms with Crippen LogP contribution in [0, 0.1) is 0 Å². The third-order valence-corrected chi connectivity index (χ3v) is 4.03. The van der Waals surface area contributed by atoms with E-state index in [1.807, 2.05) is 30.3 Å². The van der Waals surface area contributed by atoms with E-state index >= 15 is 0 Å². The largest absolute Gasteiger partial charge is 0.387 e. The molecule has 0 radical (unpaired) electrons. The van der Waals surface area contributed by atoms with Crippen molar-refractivity contribution in [1.82, 2.24) is 9.80 Å². The lowest BCUT2D eigenvalue weighted by Gasteiger charge is -2.39. The number of piperazine rings is 1. The Hall–Kier alpha value is -0.900. The molecule has 2 atom stereocenters. The van der Waals surface area contributed by atoms with E-state index in [1.165, 1.54) is 0 Å². The van der Waals surface area contributed by atoms with Crippen LogP contribution >= 0.6 is 0 Å². The Kier molecular flexibility index (Phi) is 4.75. The Morgan fingerprint density at radius 1 is 1.11 bits per heavy atom. The Labute approximate surface area is 110 Å². The molecule has 2 rings (SSSR count). The molecule has 0 aliphatic carbocycles. The van der Waals surface area contributed by atoms with Crippen LogP contribution in [0.5, 0.6) is 0 Å². The average molecular weight is 248 g/mol. The number of rotatable bonds is 4. The maximum absolute atomic E-state index is 10.4. The lowest BCUT2D eigenvalue weighted by atomic mass is 10.0. The van der Waals surface area contributed by atoms with Crippen LogP contribution in [0.1, 0.15) is 25.5 Å². The monoisotopic (exact) mass is 248 g/mol. The fourth-order valence-electron chi connectivity index (χ4n) is 2.62. The van der Waals surface area contributed by atoms with Gasteiger partial charge in [-0.2, -0.15) is 0 Å². The van der Waals surface area contributed by atoms with Crippen LogP contribution in [-0.2, 0) is 0 Å². The molecule has 3 heteroatoms. The number of benzene rings is 1. The van der Waals surface area contributed by atoms with E-state index in [0.29, 0.717) is 0 Å². The second-order valence-corrected chi connectivity index (χ2v) is 5.07. The number of nitrogens with zero attached hydrogens (tertiary/aromatic N) is 2. The summed E-state index contributed by atoms with van der Waals surface area (Å²) in [6.07, 6.45) is -0.389. The number of aliphatic hydroxyl groups excluding tert-OH is 1. The molecule has 3 nitrogen and oxygen atoms in total. The van der Waals surface area contributed by atoms with Crippen molar-refractivity contribution in [1.29, 1.82) is 0 Å². The molecule has 1 aliphatic heterocycles. The van der Waals surface area contributed by atoms with Crippen LogP contribution in [0.25, 0.3) is 0 Å². The molecule has 1 aromatic rings. The van der Waals surface area contributed by atoms with E-state index in [2.05, 4.69) is 23.6 Å². The van der Waals surface area contributed by atoms with Crippen LogP contribution in [-0.4, -0.2) is 53.7 Å². The van der Waals surface area contributed by atoms with Crippen LogP contribution in [0.4, 0.5) is 0 Å². The standard InChI is InChI=1S/C15H24N2O/c1-3-16-9-11-17(12-10-16)13(2)15(18)14-7-5-4-6-8-14/h4-8,13,15,18H,3,9-12H2,1-2H3. The predicted octanol–water partition coefficient (Wildman–Crippen LogP) is 1.75. The van der Waals surface area contributed by atoms with Gasteiger partial charge >= 0.3 is 0 Å². The molecule has 0 spiro atoms. The van der Waals surface area contributed by atoms with Gasteiger partial charge in [-0.25, -0.2) is 0 Å². The summed E-state index contributed by atoms with van der Waals surface area (Å²) in [4.78, 5) is 4.85. The van der Waals surface area contributed by atoms with Crippen molar-refractivity contribution in [2.75, 3.05) is 32.7 Å². The highest BCUT2D eigenvalue weighted by atomic mass is 16.3. The Morgan fingerprint density at radius 3 is 2.28 bits per heavy atom. The highest BCUT2D eigenvalue weighted by Crippen LogP contribution is 2.21. The lowest BCUT2D eigenvalue weighted by Crippen LogP contribution is -2.50. The first-order valence-electron chi connectivity index (χ1n) is 6.91. The SMILES string of the molecule is CCN1CCN(C(C)C(O)c2ccccc2)CC1. The van der Waals surface area contributed by atoms with E-state index < -0.39 is 0 Å². The van der Waals surface area contributed by atoms with Gasteiger partial charge in [-0.1, -0.05) is 37.3 Å². The highest BCUT2D eigenvalue weighted by Gasteiger charge is 2.25. The zero-order valence-electron chi connectivity index (χ0n) is 11.4. The minimum absolute atomic E-state index is 0.186. The van der Waals surface area contributed by atoms with Crippen LogP contribution in [0.15, 0.2) is 30.3 Å². The molecule has 100 valence electrons. The number of hydrogen-bond acceptors (Lipinski definition) is 3. The van der Waals surface area contributed by atoms with Crippen LogP contribution < -0.4 is 0 Å².